The number of nitrogens with zero attached hydrogens (tertiary/aromatic N) is 1. The van der Waals surface area contributed by atoms with Gasteiger partial charge in [-0.05, 0) is 56.4 Å². The molecule has 1 unspecified atom stereocenters. The lowest BCUT2D eigenvalue weighted by atomic mass is 9.98. The van der Waals surface area contributed by atoms with Crippen LogP contribution in [-0.2, 0) is 10.0 Å². The van der Waals surface area contributed by atoms with E-state index in [0.29, 0.717) is 24.8 Å². The van der Waals surface area contributed by atoms with E-state index in [1.165, 1.54) is 19.2 Å². The molecule has 1 aliphatic heterocycles. The van der Waals surface area contributed by atoms with Gasteiger partial charge in [0.15, 0.2) is 0 Å². The third-order valence-corrected chi connectivity index (χ3v) is 7.23. The van der Waals surface area contributed by atoms with Crippen molar-refractivity contribution in [3.63, 3.8) is 0 Å². The van der Waals surface area contributed by atoms with Crippen LogP contribution in [0.25, 0.3) is 0 Å². The van der Waals surface area contributed by atoms with Gasteiger partial charge in [-0.15, -0.1) is 0 Å². The minimum absolute atomic E-state index is 0.0518. The lowest BCUT2D eigenvalue weighted by Crippen LogP contribution is -2.38. The summed E-state index contributed by atoms with van der Waals surface area (Å²) in [6.07, 6.45) is 1.89. The van der Waals surface area contributed by atoms with E-state index >= 15 is 0 Å². The van der Waals surface area contributed by atoms with Crippen molar-refractivity contribution >= 4 is 15.9 Å². The van der Waals surface area contributed by atoms with E-state index in [9.17, 15) is 13.2 Å². The maximum absolute atomic E-state index is 13.1. The number of carbonyl (C=O) groups excluding carboxylic acids is 1. The molecular formula is C23H30N2O4S. The van der Waals surface area contributed by atoms with Gasteiger partial charge in [-0.3, -0.25) is 4.79 Å². The molecule has 1 fully saturated rings. The Morgan fingerprint density at radius 1 is 1.13 bits per heavy atom. The van der Waals surface area contributed by atoms with Crippen molar-refractivity contribution in [3.8, 4) is 5.75 Å². The van der Waals surface area contributed by atoms with Crippen molar-refractivity contribution in [2.24, 2.45) is 5.92 Å². The molecule has 1 heterocycles. The van der Waals surface area contributed by atoms with Crippen molar-refractivity contribution in [2.45, 2.75) is 44.6 Å². The van der Waals surface area contributed by atoms with Crippen molar-refractivity contribution in [1.82, 2.24) is 9.62 Å². The van der Waals surface area contributed by atoms with E-state index in [4.69, 9.17) is 4.74 Å². The summed E-state index contributed by atoms with van der Waals surface area (Å²) < 4.78 is 34.0. The van der Waals surface area contributed by atoms with Crippen molar-refractivity contribution in [3.05, 3.63) is 59.2 Å². The Hall–Kier alpha value is -2.38. The summed E-state index contributed by atoms with van der Waals surface area (Å²) in [7, 11) is -2.33. The van der Waals surface area contributed by atoms with Crippen LogP contribution in [0.15, 0.2) is 47.4 Å². The summed E-state index contributed by atoms with van der Waals surface area (Å²) in [5, 5.41) is 0. The van der Waals surface area contributed by atoms with E-state index in [0.717, 1.165) is 24.0 Å². The monoisotopic (exact) mass is 430 g/mol. The predicted octanol–water partition coefficient (Wildman–Crippen LogP) is 3.92. The van der Waals surface area contributed by atoms with Crippen LogP contribution in [0.1, 0.15) is 54.2 Å². The highest BCUT2D eigenvalue weighted by molar-refractivity contribution is 7.89. The molecule has 0 spiro atoms. The van der Waals surface area contributed by atoms with Crippen LogP contribution in [0.3, 0.4) is 0 Å². The lowest BCUT2D eigenvalue weighted by molar-refractivity contribution is 0.0693. The third kappa shape index (κ3) is 5.02. The number of carbonyl (C=O) groups is 1. The summed E-state index contributed by atoms with van der Waals surface area (Å²) in [6, 6.07) is 11.7. The normalized spacial score (nSPS) is 16.3. The van der Waals surface area contributed by atoms with Crippen molar-refractivity contribution < 1.29 is 17.9 Å². The Labute approximate surface area is 179 Å². The highest BCUT2D eigenvalue weighted by Crippen LogP contribution is 2.27. The number of rotatable bonds is 6. The molecule has 7 heteroatoms. The molecule has 2 aromatic carbocycles. The number of methoxy groups -OCH3 is 1. The smallest absolute Gasteiger partial charge is 0.257 e. The topological polar surface area (TPSA) is 75.7 Å². The maximum atomic E-state index is 13.1. The average molecular weight is 431 g/mol. The van der Waals surface area contributed by atoms with E-state index in [1.54, 1.807) is 17.9 Å². The fourth-order valence-electron chi connectivity index (χ4n) is 3.63. The fraction of sp³-hybridized carbons (Fsp3) is 0.435. The molecule has 0 aliphatic carbocycles. The second-order valence-electron chi connectivity index (χ2n) is 8.09. The number of ether oxygens (including phenoxy) is 1. The van der Waals surface area contributed by atoms with Crippen LogP contribution >= 0.6 is 0 Å². The highest BCUT2D eigenvalue weighted by Gasteiger charge is 2.26. The summed E-state index contributed by atoms with van der Waals surface area (Å²) in [5.74, 6) is 0.779. The second kappa shape index (κ2) is 9.18. The van der Waals surface area contributed by atoms with Gasteiger partial charge < -0.3 is 9.64 Å². The van der Waals surface area contributed by atoms with Crippen LogP contribution in [-0.4, -0.2) is 39.4 Å². The Morgan fingerprint density at radius 2 is 1.77 bits per heavy atom. The molecule has 1 N–H and O–H groups in total. The number of aryl methyl sites for hydroxylation is 1. The minimum Gasteiger partial charge on any atom is -0.496 e. The largest absolute Gasteiger partial charge is 0.496 e. The summed E-state index contributed by atoms with van der Waals surface area (Å²) in [6.45, 7) is 7.30. The number of hydrogen-bond donors (Lipinski definition) is 1. The number of hydrogen-bond acceptors (Lipinski definition) is 4. The first-order chi connectivity index (χ1) is 14.2. The van der Waals surface area contributed by atoms with Crippen LogP contribution in [0.2, 0.25) is 0 Å². The first kappa shape index (κ1) is 22.3. The SMILES string of the molecule is COc1ccc(S(=O)(=O)NC(C)c2ccc(C)cc2)cc1C(=O)N1CCC(C)CC1. The van der Waals surface area contributed by atoms with Gasteiger partial charge in [0.05, 0.1) is 17.6 Å². The van der Waals surface area contributed by atoms with Crippen LogP contribution in [0.4, 0.5) is 0 Å². The molecule has 2 aromatic rings. The number of amides is 1. The zero-order valence-electron chi connectivity index (χ0n) is 18.0. The Morgan fingerprint density at radius 3 is 2.37 bits per heavy atom. The predicted molar refractivity (Wildman–Crippen MR) is 117 cm³/mol. The Balaban J connectivity index is 1.85. The first-order valence-electron chi connectivity index (χ1n) is 10.3. The molecule has 0 bridgehead atoms. The van der Waals surface area contributed by atoms with Gasteiger partial charge in [0.1, 0.15) is 5.75 Å². The molecule has 0 radical (unpaired) electrons. The van der Waals surface area contributed by atoms with Gasteiger partial charge in [-0.2, -0.15) is 0 Å². The third-order valence-electron chi connectivity index (χ3n) is 5.69. The molecule has 1 aliphatic rings. The standard InChI is InChI=1S/C23H30N2O4S/c1-16-5-7-19(8-6-16)18(3)24-30(27,28)20-9-10-22(29-4)21(15-20)23(26)25-13-11-17(2)12-14-25/h5-10,15,17-18,24H,11-14H2,1-4H3. The zero-order chi connectivity index (χ0) is 21.9. The number of sulfonamides is 1. The molecule has 0 aromatic heterocycles. The average Bonchev–Trinajstić information content (AvgIpc) is 2.73. The molecule has 1 amide bonds. The number of benzene rings is 2. The zero-order valence-corrected chi connectivity index (χ0v) is 18.8. The van der Waals surface area contributed by atoms with Gasteiger partial charge in [0.2, 0.25) is 10.0 Å². The number of piperidine rings is 1. The summed E-state index contributed by atoms with van der Waals surface area (Å²) >= 11 is 0. The van der Waals surface area contributed by atoms with E-state index in [-0.39, 0.29) is 16.4 Å². The van der Waals surface area contributed by atoms with Crippen LogP contribution in [0.5, 0.6) is 5.75 Å². The first-order valence-corrected chi connectivity index (χ1v) is 11.8. The van der Waals surface area contributed by atoms with E-state index in [2.05, 4.69) is 11.6 Å². The Kier molecular flexibility index (Phi) is 6.83. The minimum atomic E-state index is -3.81. The molecule has 6 nitrogen and oxygen atoms in total. The number of likely N-dealkylation sites (tertiary alicyclic amines) is 1. The molecule has 162 valence electrons. The summed E-state index contributed by atoms with van der Waals surface area (Å²) in [4.78, 5) is 14.9. The maximum Gasteiger partial charge on any atom is 0.257 e. The van der Waals surface area contributed by atoms with E-state index in [1.807, 2.05) is 31.2 Å². The van der Waals surface area contributed by atoms with Crippen molar-refractivity contribution in [2.75, 3.05) is 20.2 Å². The molecule has 30 heavy (non-hydrogen) atoms. The van der Waals surface area contributed by atoms with Crippen LogP contribution < -0.4 is 9.46 Å². The van der Waals surface area contributed by atoms with Gasteiger partial charge in [0, 0.05) is 19.1 Å². The number of nitrogens with one attached hydrogen (secondary N) is 1. The van der Waals surface area contributed by atoms with Gasteiger partial charge in [-0.1, -0.05) is 36.8 Å². The Bertz CT molecular complexity index is 994. The molecular weight excluding hydrogens is 400 g/mol. The fourth-order valence-corrected chi connectivity index (χ4v) is 4.89. The van der Waals surface area contributed by atoms with Gasteiger partial charge in [-0.25, -0.2) is 13.1 Å². The lowest BCUT2D eigenvalue weighted by Gasteiger charge is -2.30. The van der Waals surface area contributed by atoms with Gasteiger partial charge in [0.25, 0.3) is 5.91 Å². The second-order valence-corrected chi connectivity index (χ2v) is 9.80. The highest BCUT2D eigenvalue weighted by atomic mass is 32.2. The van der Waals surface area contributed by atoms with E-state index < -0.39 is 16.1 Å². The molecule has 1 atom stereocenters. The van der Waals surface area contributed by atoms with Gasteiger partial charge >= 0.3 is 0 Å². The van der Waals surface area contributed by atoms with Crippen molar-refractivity contribution in [1.29, 1.82) is 0 Å². The molecule has 1 saturated heterocycles. The quantitative estimate of drug-likeness (QED) is 0.754. The van der Waals surface area contributed by atoms with Crippen LogP contribution in [0, 0.1) is 12.8 Å². The summed E-state index contributed by atoms with van der Waals surface area (Å²) in [5.41, 5.74) is 2.26. The molecule has 0 saturated carbocycles. The molecule has 3 rings (SSSR count).